The first-order valence-electron chi connectivity index (χ1n) is 11.8. The Morgan fingerprint density at radius 1 is 1.06 bits per heavy atom. The van der Waals surface area contributed by atoms with Crippen LogP contribution in [0.15, 0.2) is 48.8 Å². The number of hydrogen-bond donors (Lipinski definition) is 1. The quantitative estimate of drug-likeness (QED) is 0.732. The Balaban J connectivity index is 1.30. The van der Waals surface area contributed by atoms with Crippen LogP contribution in [-0.4, -0.2) is 85.1 Å². The smallest absolute Gasteiger partial charge is 0.236 e. The molecule has 1 N–H and O–H groups in total. The number of aromatic nitrogens is 1. The highest BCUT2D eigenvalue weighted by Gasteiger charge is 2.41. The van der Waals surface area contributed by atoms with Crippen LogP contribution in [0.4, 0.5) is 5.69 Å². The highest BCUT2D eigenvalue weighted by atomic mass is 16.5. The number of carbonyl (C=O) groups excluding carboxylic acids is 2. The van der Waals surface area contributed by atoms with Crippen molar-refractivity contribution in [2.75, 3.05) is 57.4 Å². The van der Waals surface area contributed by atoms with Gasteiger partial charge < -0.3 is 19.9 Å². The van der Waals surface area contributed by atoms with Crippen molar-refractivity contribution in [2.45, 2.75) is 19.0 Å². The van der Waals surface area contributed by atoms with E-state index in [1.165, 1.54) is 11.3 Å². The number of anilines is 1. The summed E-state index contributed by atoms with van der Waals surface area (Å²) in [6, 6.07) is 12.3. The number of ether oxygens (including phenoxy) is 1. The summed E-state index contributed by atoms with van der Waals surface area (Å²) in [5.41, 5.74) is 3.42. The molecular weight excluding hydrogens is 418 g/mol. The van der Waals surface area contributed by atoms with Gasteiger partial charge in [0.15, 0.2) is 0 Å². The van der Waals surface area contributed by atoms with Gasteiger partial charge in [0.1, 0.15) is 0 Å². The number of hydrogen-bond acceptors (Lipinski definition) is 6. The summed E-state index contributed by atoms with van der Waals surface area (Å²) in [6.07, 6.45) is 4.22. The average Bonchev–Trinajstić information content (AvgIpc) is 2.88. The van der Waals surface area contributed by atoms with Crippen LogP contribution in [0.3, 0.4) is 0 Å². The number of rotatable bonds is 5. The second-order valence-electron chi connectivity index (χ2n) is 9.01. The van der Waals surface area contributed by atoms with Crippen molar-refractivity contribution >= 4 is 17.5 Å². The lowest BCUT2D eigenvalue weighted by Crippen LogP contribution is -2.62. The normalized spacial score (nSPS) is 22.9. The van der Waals surface area contributed by atoms with Crippen molar-refractivity contribution in [1.29, 1.82) is 0 Å². The molecule has 2 saturated heterocycles. The van der Waals surface area contributed by atoms with Gasteiger partial charge in [-0.25, -0.2) is 0 Å². The maximum Gasteiger partial charge on any atom is 0.236 e. The molecule has 0 bridgehead atoms. The zero-order chi connectivity index (χ0) is 22.6. The maximum atomic E-state index is 13.3. The Hall–Kier alpha value is -2.97. The van der Waals surface area contributed by atoms with Gasteiger partial charge in [-0.3, -0.25) is 19.5 Å². The van der Waals surface area contributed by atoms with E-state index >= 15 is 0 Å². The van der Waals surface area contributed by atoms with E-state index in [-0.39, 0.29) is 23.8 Å². The van der Waals surface area contributed by atoms with E-state index in [1.54, 1.807) is 12.4 Å². The molecule has 2 aromatic rings. The molecule has 0 spiro atoms. The molecule has 1 aromatic carbocycles. The van der Waals surface area contributed by atoms with Gasteiger partial charge in [0.25, 0.3) is 0 Å². The lowest BCUT2D eigenvalue weighted by molar-refractivity contribution is -0.136. The van der Waals surface area contributed by atoms with Gasteiger partial charge in [0.2, 0.25) is 11.8 Å². The molecule has 0 unspecified atom stereocenters. The minimum absolute atomic E-state index is 0.0417. The van der Waals surface area contributed by atoms with Crippen LogP contribution in [0.2, 0.25) is 0 Å². The van der Waals surface area contributed by atoms with E-state index in [0.29, 0.717) is 52.4 Å². The number of pyridine rings is 1. The third-order valence-corrected chi connectivity index (χ3v) is 6.96. The van der Waals surface area contributed by atoms with E-state index in [1.807, 2.05) is 23.1 Å². The monoisotopic (exact) mass is 449 g/mol. The first kappa shape index (κ1) is 21.9. The molecule has 33 heavy (non-hydrogen) atoms. The molecule has 0 radical (unpaired) electrons. The molecule has 8 heteroatoms. The van der Waals surface area contributed by atoms with Gasteiger partial charge in [-0.05, 0) is 29.7 Å². The zero-order valence-corrected chi connectivity index (χ0v) is 18.9. The Bertz CT molecular complexity index is 979. The van der Waals surface area contributed by atoms with Crippen LogP contribution in [0.25, 0.3) is 0 Å². The summed E-state index contributed by atoms with van der Waals surface area (Å²) >= 11 is 0. The number of amides is 2. The molecule has 3 aliphatic heterocycles. The lowest BCUT2D eigenvalue weighted by atomic mass is 9.83. The second kappa shape index (κ2) is 9.89. The molecule has 2 atom stereocenters. The predicted octanol–water partition coefficient (Wildman–Crippen LogP) is 0.920. The van der Waals surface area contributed by atoms with Crippen molar-refractivity contribution in [3.05, 3.63) is 59.9 Å². The van der Waals surface area contributed by atoms with Gasteiger partial charge in [0.05, 0.1) is 31.7 Å². The number of benzene rings is 1. The van der Waals surface area contributed by atoms with Crippen molar-refractivity contribution in [3.63, 3.8) is 0 Å². The number of carbonyl (C=O) groups is 2. The molecule has 8 nitrogen and oxygen atoms in total. The average molecular weight is 450 g/mol. The molecule has 0 saturated carbocycles. The molecule has 2 fully saturated rings. The van der Waals surface area contributed by atoms with Gasteiger partial charge in [-0.15, -0.1) is 0 Å². The number of piperazine rings is 1. The molecule has 2 amide bonds. The fraction of sp³-hybridized carbons (Fsp3) is 0.480. The van der Waals surface area contributed by atoms with Gasteiger partial charge in [0, 0.05) is 57.3 Å². The van der Waals surface area contributed by atoms with Crippen molar-refractivity contribution in [1.82, 2.24) is 20.1 Å². The Kier molecular flexibility index (Phi) is 6.55. The van der Waals surface area contributed by atoms with Crippen LogP contribution in [-0.2, 0) is 27.3 Å². The van der Waals surface area contributed by atoms with Crippen molar-refractivity contribution in [3.8, 4) is 0 Å². The van der Waals surface area contributed by atoms with Crippen molar-refractivity contribution in [2.24, 2.45) is 5.92 Å². The Morgan fingerprint density at radius 3 is 2.73 bits per heavy atom. The molecule has 3 aliphatic rings. The number of nitrogens with zero attached hydrogens (tertiary/aromatic N) is 4. The molecular formula is C25H31N5O3. The van der Waals surface area contributed by atoms with Gasteiger partial charge >= 0.3 is 0 Å². The van der Waals surface area contributed by atoms with E-state index in [4.69, 9.17) is 4.74 Å². The maximum absolute atomic E-state index is 13.3. The van der Waals surface area contributed by atoms with Gasteiger partial charge in [-0.1, -0.05) is 24.3 Å². The molecule has 1 aromatic heterocycles. The zero-order valence-electron chi connectivity index (χ0n) is 18.9. The largest absolute Gasteiger partial charge is 0.378 e. The molecule has 174 valence electrons. The standard InChI is InChI=1S/C25H31N5O3/c31-24(29-10-12-33-13-11-29)18-28-8-9-30-22-6-2-1-5-20(22)14-21(23(30)17-28)25(32)27-16-19-4-3-7-26-15-19/h1-7,15,21,23H,8-14,16-18H2,(H,27,32)/t21-,23-/m0/s1. The fourth-order valence-corrected chi connectivity index (χ4v) is 5.19. The third kappa shape index (κ3) is 4.86. The highest BCUT2D eigenvalue weighted by molar-refractivity contribution is 5.82. The van der Waals surface area contributed by atoms with E-state index in [9.17, 15) is 9.59 Å². The van der Waals surface area contributed by atoms with Crippen LogP contribution in [0.5, 0.6) is 0 Å². The predicted molar refractivity (Wildman–Crippen MR) is 125 cm³/mol. The summed E-state index contributed by atoms with van der Waals surface area (Å²) < 4.78 is 5.38. The third-order valence-electron chi connectivity index (χ3n) is 6.96. The van der Waals surface area contributed by atoms with E-state index < -0.39 is 0 Å². The first-order chi connectivity index (χ1) is 16.2. The first-order valence-corrected chi connectivity index (χ1v) is 11.8. The van der Waals surface area contributed by atoms with Crippen LogP contribution >= 0.6 is 0 Å². The Labute approximate surface area is 194 Å². The van der Waals surface area contributed by atoms with Crippen LogP contribution in [0.1, 0.15) is 11.1 Å². The number of morpholine rings is 1. The highest BCUT2D eigenvalue weighted by Crippen LogP contribution is 2.36. The van der Waals surface area contributed by atoms with E-state index in [2.05, 4.69) is 38.3 Å². The van der Waals surface area contributed by atoms with Crippen LogP contribution in [0, 0.1) is 5.92 Å². The van der Waals surface area contributed by atoms with Crippen LogP contribution < -0.4 is 10.2 Å². The topological polar surface area (TPSA) is 78.0 Å². The Morgan fingerprint density at radius 2 is 1.91 bits per heavy atom. The second-order valence-corrected chi connectivity index (χ2v) is 9.01. The SMILES string of the molecule is O=C(NCc1cccnc1)[C@H]1Cc2ccccc2N2CCN(CC(=O)N3CCOCC3)C[C@@H]12. The summed E-state index contributed by atoms with van der Waals surface area (Å²) in [6.45, 7) is 5.73. The fourth-order valence-electron chi connectivity index (χ4n) is 5.19. The minimum Gasteiger partial charge on any atom is -0.378 e. The lowest BCUT2D eigenvalue weighted by Gasteiger charge is -2.49. The molecule has 4 heterocycles. The molecule has 0 aliphatic carbocycles. The number of nitrogens with one attached hydrogen (secondary N) is 1. The van der Waals surface area contributed by atoms with Crippen molar-refractivity contribution < 1.29 is 14.3 Å². The van der Waals surface area contributed by atoms with E-state index in [0.717, 1.165) is 18.7 Å². The number of para-hydroxylation sites is 1. The summed E-state index contributed by atoms with van der Waals surface area (Å²) in [5, 5.41) is 3.13. The molecule has 5 rings (SSSR count). The summed E-state index contributed by atoms with van der Waals surface area (Å²) in [4.78, 5) is 36.8. The summed E-state index contributed by atoms with van der Waals surface area (Å²) in [7, 11) is 0. The van der Waals surface area contributed by atoms with Gasteiger partial charge in [-0.2, -0.15) is 0 Å². The summed E-state index contributed by atoms with van der Waals surface area (Å²) in [5.74, 6) is 0.0445. The number of fused-ring (bicyclic) bond motifs is 3. The minimum atomic E-state index is -0.169.